The number of nitrogens with zero attached hydrogens (tertiary/aromatic N) is 3. The third kappa shape index (κ3) is 2.72. The van der Waals surface area contributed by atoms with Gasteiger partial charge in [-0.2, -0.15) is 0 Å². The number of thiophene rings is 1. The topological polar surface area (TPSA) is 114 Å². The van der Waals surface area contributed by atoms with Crippen molar-refractivity contribution in [3.63, 3.8) is 0 Å². The molecule has 2 N–H and O–H groups in total. The second-order valence-corrected chi connectivity index (χ2v) is 5.06. The van der Waals surface area contributed by atoms with Gasteiger partial charge in [-0.1, -0.05) is 11.3 Å². The van der Waals surface area contributed by atoms with Crippen molar-refractivity contribution in [2.45, 2.75) is 6.54 Å². The van der Waals surface area contributed by atoms with Gasteiger partial charge in [0.2, 0.25) is 0 Å². The van der Waals surface area contributed by atoms with Crippen LogP contribution in [0.1, 0.15) is 16.2 Å². The first-order valence-corrected chi connectivity index (χ1v) is 6.82. The minimum Gasteiger partial charge on any atom is -0.345 e. The Hall–Kier alpha value is -2.81. The van der Waals surface area contributed by atoms with Gasteiger partial charge in [0, 0.05) is 17.6 Å². The Morgan fingerprint density at radius 1 is 1.52 bits per heavy atom. The standard InChI is InChI=1S/C12H9N5O3S/c18-12(7-4-10(17(19)20)21-6-7)14-5-9-15-8-2-1-3-13-11(8)16-9/h1-4,6H,5H2,(H,14,18)(H,13,15,16). The number of amides is 1. The number of aromatic nitrogens is 3. The molecule has 0 aliphatic rings. The maximum atomic E-state index is 11.9. The fourth-order valence-electron chi connectivity index (χ4n) is 1.78. The highest BCUT2D eigenvalue weighted by atomic mass is 32.1. The zero-order chi connectivity index (χ0) is 14.8. The molecule has 0 unspecified atom stereocenters. The lowest BCUT2D eigenvalue weighted by Gasteiger charge is -1.99. The van der Waals surface area contributed by atoms with Gasteiger partial charge in [0.25, 0.3) is 5.91 Å². The molecule has 3 heterocycles. The minimum absolute atomic E-state index is 0.0620. The molecule has 3 rings (SSSR count). The number of aromatic amines is 1. The summed E-state index contributed by atoms with van der Waals surface area (Å²) >= 11 is 0.918. The predicted octanol–water partition coefficient (Wildman–Crippen LogP) is 1.86. The van der Waals surface area contributed by atoms with Crippen molar-refractivity contribution in [2.75, 3.05) is 0 Å². The zero-order valence-corrected chi connectivity index (χ0v) is 11.4. The van der Waals surface area contributed by atoms with Crippen molar-refractivity contribution < 1.29 is 9.72 Å². The van der Waals surface area contributed by atoms with Crippen molar-refractivity contribution in [3.8, 4) is 0 Å². The Morgan fingerprint density at radius 2 is 2.38 bits per heavy atom. The molecular formula is C12H9N5O3S. The first-order chi connectivity index (χ1) is 10.1. The monoisotopic (exact) mass is 303 g/mol. The van der Waals surface area contributed by atoms with Gasteiger partial charge in [0.05, 0.1) is 22.5 Å². The van der Waals surface area contributed by atoms with Gasteiger partial charge < -0.3 is 10.3 Å². The number of nitrogens with one attached hydrogen (secondary N) is 2. The van der Waals surface area contributed by atoms with Crippen molar-refractivity contribution in [1.82, 2.24) is 20.3 Å². The summed E-state index contributed by atoms with van der Waals surface area (Å²) in [6.07, 6.45) is 1.63. The van der Waals surface area contributed by atoms with E-state index in [1.807, 2.05) is 6.07 Å². The normalized spacial score (nSPS) is 10.7. The van der Waals surface area contributed by atoms with Crippen molar-refractivity contribution in [2.24, 2.45) is 0 Å². The van der Waals surface area contributed by atoms with Gasteiger partial charge >= 0.3 is 5.00 Å². The summed E-state index contributed by atoms with van der Waals surface area (Å²) in [7, 11) is 0. The number of hydrogen-bond donors (Lipinski definition) is 2. The molecule has 0 saturated carbocycles. The number of H-pyrrole nitrogens is 1. The van der Waals surface area contributed by atoms with Crippen LogP contribution in [0.5, 0.6) is 0 Å². The summed E-state index contributed by atoms with van der Waals surface area (Å²) in [5.41, 5.74) is 1.63. The van der Waals surface area contributed by atoms with Gasteiger partial charge in [-0.15, -0.1) is 0 Å². The van der Waals surface area contributed by atoms with Crippen LogP contribution in [0.4, 0.5) is 5.00 Å². The molecule has 9 heteroatoms. The third-order valence-corrected chi connectivity index (χ3v) is 3.63. The van der Waals surface area contributed by atoms with Crippen LogP contribution < -0.4 is 5.32 Å². The van der Waals surface area contributed by atoms with Crippen molar-refractivity contribution in [1.29, 1.82) is 0 Å². The Balaban J connectivity index is 1.68. The molecule has 0 radical (unpaired) electrons. The molecule has 0 saturated heterocycles. The Kier molecular flexibility index (Phi) is 3.32. The van der Waals surface area contributed by atoms with Crippen LogP contribution in [0.25, 0.3) is 11.2 Å². The fraction of sp³-hybridized carbons (Fsp3) is 0.0833. The maximum absolute atomic E-state index is 11.9. The third-order valence-electron chi connectivity index (χ3n) is 2.75. The zero-order valence-electron chi connectivity index (χ0n) is 10.6. The van der Waals surface area contributed by atoms with Gasteiger partial charge in [0.1, 0.15) is 5.82 Å². The van der Waals surface area contributed by atoms with Crippen LogP contribution in [0.2, 0.25) is 0 Å². The van der Waals surface area contributed by atoms with Crippen molar-refractivity contribution in [3.05, 3.63) is 51.3 Å². The minimum atomic E-state index is -0.521. The summed E-state index contributed by atoms with van der Waals surface area (Å²) < 4.78 is 0. The van der Waals surface area contributed by atoms with E-state index < -0.39 is 4.92 Å². The lowest BCUT2D eigenvalue weighted by molar-refractivity contribution is -0.380. The summed E-state index contributed by atoms with van der Waals surface area (Å²) in [6, 6.07) is 4.87. The lowest BCUT2D eigenvalue weighted by atomic mass is 10.3. The van der Waals surface area contributed by atoms with E-state index in [0.717, 1.165) is 16.9 Å². The highest BCUT2D eigenvalue weighted by molar-refractivity contribution is 7.13. The van der Waals surface area contributed by atoms with Crippen molar-refractivity contribution >= 4 is 33.4 Å². The molecule has 8 nitrogen and oxygen atoms in total. The van der Waals surface area contributed by atoms with Gasteiger partial charge in [-0.25, -0.2) is 9.97 Å². The first-order valence-electron chi connectivity index (χ1n) is 5.94. The smallest absolute Gasteiger partial charge is 0.324 e. The molecule has 21 heavy (non-hydrogen) atoms. The Labute approximate surface area is 122 Å². The van der Waals surface area contributed by atoms with E-state index in [2.05, 4.69) is 20.3 Å². The SMILES string of the molecule is O=C(NCc1nc2ncccc2[nH]1)c1csc([N+](=O)[O-])c1. The molecule has 106 valence electrons. The average Bonchev–Trinajstić information content (AvgIpc) is 3.11. The van der Waals surface area contributed by atoms with Gasteiger partial charge in [-0.05, 0) is 12.1 Å². The van der Waals surface area contributed by atoms with E-state index >= 15 is 0 Å². The number of fused-ring (bicyclic) bond motifs is 1. The highest BCUT2D eigenvalue weighted by Gasteiger charge is 2.15. The highest BCUT2D eigenvalue weighted by Crippen LogP contribution is 2.22. The molecule has 0 aliphatic heterocycles. The van der Waals surface area contributed by atoms with Crippen LogP contribution in [-0.4, -0.2) is 25.8 Å². The van der Waals surface area contributed by atoms with E-state index in [4.69, 9.17) is 0 Å². The largest absolute Gasteiger partial charge is 0.345 e. The maximum Gasteiger partial charge on any atom is 0.324 e. The molecule has 0 fully saturated rings. The molecule has 3 aromatic rings. The molecule has 0 aliphatic carbocycles. The lowest BCUT2D eigenvalue weighted by Crippen LogP contribution is -2.22. The summed E-state index contributed by atoms with van der Waals surface area (Å²) in [5, 5.41) is 14.6. The Morgan fingerprint density at radius 3 is 3.10 bits per heavy atom. The first kappa shape index (κ1) is 13.2. The van der Waals surface area contributed by atoms with Crippen LogP contribution in [-0.2, 0) is 6.54 Å². The molecule has 1 amide bonds. The summed E-state index contributed by atoms with van der Waals surface area (Å²) in [6.45, 7) is 0.193. The number of rotatable bonds is 4. The quantitative estimate of drug-likeness (QED) is 0.564. The van der Waals surface area contributed by atoms with E-state index in [1.165, 1.54) is 11.4 Å². The molecule has 3 aromatic heterocycles. The molecule has 0 aromatic carbocycles. The number of nitro groups is 1. The van der Waals surface area contributed by atoms with Crippen LogP contribution >= 0.6 is 11.3 Å². The Bertz CT molecular complexity index is 792. The molecule has 0 atom stereocenters. The molecule has 0 bridgehead atoms. The number of carbonyl (C=O) groups is 1. The van der Waals surface area contributed by atoms with E-state index in [0.29, 0.717) is 11.5 Å². The van der Waals surface area contributed by atoms with Gasteiger partial charge in [0.15, 0.2) is 5.65 Å². The second-order valence-electron chi connectivity index (χ2n) is 4.17. The summed E-state index contributed by atoms with van der Waals surface area (Å²) in [5.74, 6) is 0.189. The number of hydrogen-bond acceptors (Lipinski definition) is 6. The van der Waals surface area contributed by atoms with Crippen LogP contribution in [0.3, 0.4) is 0 Å². The van der Waals surface area contributed by atoms with Gasteiger partial charge in [-0.3, -0.25) is 14.9 Å². The number of carbonyl (C=O) groups excluding carboxylic acids is 1. The second kappa shape index (κ2) is 5.29. The summed E-state index contributed by atoms with van der Waals surface area (Å²) in [4.78, 5) is 33.3. The predicted molar refractivity (Wildman–Crippen MR) is 76.0 cm³/mol. The van der Waals surface area contributed by atoms with Crippen LogP contribution in [0, 0.1) is 10.1 Å². The number of imidazole rings is 1. The molecule has 0 spiro atoms. The fourth-order valence-corrected chi connectivity index (χ4v) is 2.49. The number of pyridine rings is 1. The average molecular weight is 303 g/mol. The van der Waals surface area contributed by atoms with E-state index in [-0.39, 0.29) is 23.0 Å². The van der Waals surface area contributed by atoms with E-state index in [9.17, 15) is 14.9 Å². The van der Waals surface area contributed by atoms with Crippen LogP contribution in [0.15, 0.2) is 29.8 Å². The molecular weight excluding hydrogens is 294 g/mol. The van der Waals surface area contributed by atoms with E-state index in [1.54, 1.807) is 12.3 Å².